The molecule has 100 valence electrons. The van der Waals surface area contributed by atoms with Crippen LogP contribution >= 0.6 is 0 Å². The maximum absolute atomic E-state index is 11.7. The van der Waals surface area contributed by atoms with Crippen LogP contribution in [-0.2, 0) is 9.53 Å². The topological polar surface area (TPSA) is 78.9 Å². The quantitative estimate of drug-likeness (QED) is 0.695. The molecule has 0 aromatic carbocycles. The molecule has 0 aliphatic rings. The van der Waals surface area contributed by atoms with Gasteiger partial charge >= 0.3 is 12.0 Å². The zero-order chi connectivity index (χ0) is 13.4. The fourth-order valence-electron chi connectivity index (χ4n) is 1.25. The van der Waals surface area contributed by atoms with Gasteiger partial charge in [0.25, 0.3) is 0 Å². The number of amides is 2. The van der Waals surface area contributed by atoms with Crippen molar-refractivity contribution in [1.82, 2.24) is 10.2 Å². The van der Waals surface area contributed by atoms with Gasteiger partial charge in [0.2, 0.25) is 0 Å². The minimum absolute atomic E-state index is 0.0929. The molecule has 0 aromatic heterocycles. The molecule has 1 atom stereocenters. The van der Waals surface area contributed by atoms with Crippen LogP contribution in [0.2, 0.25) is 0 Å². The van der Waals surface area contributed by atoms with E-state index in [0.717, 1.165) is 0 Å². The molecular weight excluding hydrogens is 224 g/mol. The molecule has 0 bridgehead atoms. The highest BCUT2D eigenvalue weighted by molar-refractivity contribution is 5.80. The number of ether oxygens (including phenoxy) is 1. The number of hydrogen-bond acceptors (Lipinski definition) is 3. The molecule has 1 unspecified atom stereocenters. The second kappa shape index (κ2) is 7.89. The van der Waals surface area contributed by atoms with Crippen molar-refractivity contribution >= 4 is 12.0 Å². The third-order valence-corrected chi connectivity index (χ3v) is 2.14. The van der Waals surface area contributed by atoms with Crippen LogP contribution in [0.15, 0.2) is 0 Å². The van der Waals surface area contributed by atoms with E-state index in [0.29, 0.717) is 13.1 Å². The van der Waals surface area contributed by atoms with E-state index in [-0.39, 0.29) is 24.6 Å². The summed E-state index contributed by atoms with van der Waals surface area (Å²) in [5, 5.41) is 11.4. The van der Waals surface area contributed by atoms with E-state index in [4.69, 9.17) is 9.84 Å². The molecule has 0 saturated carbocycles. The molecular formula is C11H22N2O4. The number of carbonyl (C=O) groups is 2. The average Bonchev–Trinajstić information content (AvgIpc) is 2.23. The Balaban J connectivity index is 4.26. The van der Waals surface area contributed by atoms with Gasteiger partial charge in [-0.15, -0.1) is 0 Å². The molecule has 0 rings (SSSR count). The van der Waals surface area contributed by atoms with Crippen LogP contribution in [0.25, 0.3) is 0 Å². The highest BCUT2D eigenvalue weighted by Gasteiger charge is 2.17. The lowest BCUT2D eigenvalue weighted by atomic mass is 10.2. The number of nitrogens with one attached hydrogen (secondary N) is 1. The number of urea groups is 1. The number of aliphatic carboxylic acids is 1. The highest BCUT2D eigenvalue weighted by Crippen LogP contribution is 1.99. The molecule has 0 fully saturated rings. The molecule has 0 saturated heterocycles. The van der Waals surface area contributed by atoms with Gasteiger partial charge in [0, 0.05) is 20.2 Å². The lowest BCUT2D eigenvalue weighted by molar-refractivity contribution is -0.137. The SMILES string of the molecule is COC(C)CNC(=O)N(CC(=O)O)CC(C)C. The summed E-state index contributed by atoms with van der Waals surface area (Å²) < 4.78 is 4.99. The zero-order valence-corrected chi connectivity index (χ0v) is 10.9. The normalized spacial score (nSPS) is 12.3. The molecule has 6 heteroatoms. The second-order valence-electron chi connectivity index (χ2n) is 4.40. The summed E-state index contributed by atoms with van der Waals surface area (Å²) in [6, 6.07) is -0.370. The number of rotatable bonds is 7. The van der Waals surface area contributed by atoms with Crippen molar-refractivity contribution in [1.29, 1.82) is 0 Å². The number of nitrogens with zero attached hydrogens (tertiary/aromatic N) is 1. The van der Waals surface area contributed by atoms with E-state index in [1.165, 1.54) is 4.90 Å². The first-order valence-corrected chi connectivity index (χ1v) is 5.64. The van der Waals surface area contributed by atoms with E-state index >= 15 is 0 Å². The summed E-state index contributed by atoms with van der Waals surface area (Å²) in [4.78, 5) is 23.7. The number of hydrogen-bond donors (Lipinski definition) is 2. The van der Waals surface area contributed by atoms with E-state index in [1.807, 2.05) is 20.8 Å². The fraction of sp³-hybridized carbons (Fsp3) is 0.818. The Morgan fingerprint density at radius 3 is 2.35 bits per heavy atom. The smallest absolute Gasteiger partial charge is 0.323 e. The highest BCUT2D eigenvalue weighted by atomic mass is 16.5. The van der Waals surface area contributed by atoms with E-state index in [9.17, 15) is 9.59 Å². The first-order valence-electron chi connectivity index (χ1n) is 5.64. The Kier molecular flexibility index (Phi) is 7.29. The van der Waals surface area contributed by atoms with Crippen molar-refractivity contribution in [2.24, 2.45) is 5.92 Å². The molecule has 0 spiro atoms. The van der Waals surface area contributed by atoms with Crippen LogP contribution < -0.4 is 5.32 Å². The van der Waals surface area contributed by atoms with Crippen LogP contribution in [0.3, 0.4) is 0 Å². The summed E-state index contributed by atoms with van der Waals surface area (Å²) in [5.41, 5.74) is 0. The molecule has 0 aliphatic heterocycles. The van der Waals surface area contributed by atoms with Crippen molar-refractivity contribution < 1.29 is 19.4 Å². The van der Waals surface area contributed by atoms with Gasteiger partial charge in [0.1, 0.15) is 6.54 Å². The molecule has 2 N–H and O–H groups in total. The van der Waals surface area contributed by atoms with E-state index in [2.05, 4.69) is 5.32 Å². The van der Waals surface area contributed by atoms with Crippen molar-refractivity contribution in [3.05, 3.63) is 0 Å². The molecule has 0 aliphatic carbocycles. The average molecular weight is 246 g/mol. The zero-order valence-electron chi connectivity index (χ0n) is 10.9. The standard InChI is InChI=1S/C11H22N2O4/c1-8(2)6-13(7-10(14)15)11(16)12-5-9(3)17-4/h8-9H,5-7H2,1-4H3,(H,12,16)(H,14,15). The van der Waals surface area contributed by atoms with Crippen molar-refractivity contribution in [2.45, 2.75) is 26.9 Å². The summed E-state index contributed by atoms with van der Waals surface area (Å²) >= 11 is 0. The van der Waals surface area contributed by atoms with Gasteiger partial charge in [-0.2, -0.15) is 0 Å². The lowest BCUT2D eigenvalue weighted by Gasteiger charge is -2.23. The third-order valence-electron chi connectivity index (χ3n) is 2.14. The monoisotopic (exact) mass is 246 g/mol. The molecule has 0 radical (unpaired) electrons. The minimum atomic E-state index is -1.01. The van der Waals surface area contributed by atoms with Gasteiger partial charge in [0.15, 0.2) is 0 Å². The van der Waals surface area contributed by atoms with Gasteiger partial charge < -0.3 is 20.1 Å². The predicted molar refractivity (Wildman–Crippen MR) is 63.9 cm³/mol. The maximum atomic E-state index is 11.7. The summed E-state index contributed by atoms with van der Waals surface area (Å²) in [7, 11) is 1.56. The van der Waals surface area contributed by atoms with Crippen LogP contribution in [0.1, 0.15) is 20.8 Å². The fourth-order valence-corrected chi connectivity index (χ4v) is 1.25. The summed E-state index contributed by atoms with van der Waals surface area (Å²) in [5.74, 6) is -0.791. The van der Waals surface area contributed by atoms with E-state index in [1.54, 1.807) is 7.11 Å². The molecule has 17 heavy (non-hydrogen) atoms. The first-order chi connectivity index (χ1) is 7.86. The van der Waals surface area contributed by atoms with Crippen LogP contribution in [0.4, 0.5) is 4.79 Å². The predicted octanol–water partition coefficient (Wildman–Crippen LogP) is 0.773. The molecule has 6 nitrogen and oxygen atoms in total. The van der Waals surface area contributed by atoms with E-state index < -0.39 is 5.97 Å². The Bertz CT molecular complexity index is 256. The maximum Gasteiger partial charge on any atom is 0.323 e. The van der Waals surface area contributed by atoms with Crippen molar-refractivity contribution in [2.75, 3.05) is 26.7 Å². The van der Waals surface area contributed by atoms with Gasteiger partial charge in [-0.25, -0.2) is 4.79 Å². The number of carboxylic acid groups (broad SMARTS) is 1. The first kappa shape index (κ1) is 15.7. The Morgan fingerprint density at radius 2 is 1.94 bits per heavy atom. The summed E-state index contributed by atoms with van der Waals surface area (Å²) in [6.45, 7) is 6.18. The summed E-state index contributed by atoms with van der Waals surface area (Å²) in [6.07, 6.45) is -0.0929. The number of carboxylic acids is 1. The van der Waals surface area contributed by atoms with Gasteiger partial charge in [0.05, 0.1) is 6.10 Å². The van der Waals surface area contributed by atoms with Crippen molar-refractivity contribution in [3.63, 3.8) is 0 Å². The number of methoxy groups -OCH3 is 1. The van der Waals surface area contributed by atoms with Crippen LogP contribution in [-0.4, -0.2) is 54.9 Å². The lowest BCUT2D eigenvalue weighted by Crippen LogP contribution is -2.46. The minimum Gasteiger partial charge on any atom is -0.480 e. The largest absolute Gasteiger partial charge is 0.480 e. The Hall–Kier alpha value is -1.30. The second-order valence-corrected chi connectivity index (χ2v) is 4.40. The third kappa shape index (κ3) is 7.57. The van der Waals surface area contributed by atoms with Crippen LogP contribution in [0, 0.1) is 5.92 Å². The number of carbonyl (C=O) groups excluding carboxylic acids is 1. The molecule has 0 heterocycles. The Morgan fingerprint density at radius 1 is 1.35 bits per heavy atom. The van der Waals surface area contributed by atoms with Gasteiger partial charge in [-0.1, -0.05) is 13.8 Å². The van der Waals surface area contributed by atoms with Gasteiger partial charge in [-0.3, -0.25) is 4.79 Å². The van der Waals surface area contributed by atoms with Crippen molar-refractivity contribution in [3.8, 4) is 0 Å². The van der Waals surface area contributed by atoms with Crippen LogP contribution in [0.5, 0.6) is 0 Å². The molecule has 2 amide bonds. The van der Waals surface area contributed by atoms with Gasteiger partial charge in [-0.05, 0) is 12.8 Å². The molecule has 0 aromatic rings. The Labute approximate surface area is 102 Å².